The monoisotopic (exact) mass is 248 g/mol. The lowest BCUT2D eigenvalue weighted by molar-refractivity contribution is 0.110. The Balaban J connectivity index is 1.95. The highest BCUT2D eigenvalue weighted by Gasteiger charge is 2.19. The summed E-state index contributed by atoms with van der Waals surface area (Å²) in [6, 6.07) is 9.05. The number of benzene rings is 1. The molecule has 0 spiro atoms. The van der Waals surface area contributed by atoms with Gasteiger partial charge in [-0.15, -0.1) is 0 Å². The quantitative estimate of drug-likeness (QED) is 0.818. The minimum Gasteiger partial charge on any atom is -0.395 e. The van der Waals surface area contributed by atoms with Crippen LogP contribution < -0.4 is 5.32 Å². The van der Waals surface area contributed by atoms with E-state index in [4.69, 9.17) is 0 Å². The summed E-state index contributed by atoms with van der Waals surface area (Å²) in [6.45, 7) is 6.56. The van der Waals surface area contributed by atoms with Crippen molar-refractivity contribution in [2.45, 2.75) is 25.8 Å². The summed E-state index contributed by atoms with van der Waals surface area (Å²) in [6.07, 6.45) is 2.03. The van der Waals surface area contributed by atoms with Crippen molar-refractivity contribution in [1.29, 1.82) is 0 Å². The minimum absolute atomic E-state index is 0.246. The molecule has 2 N–H and O–H groups in total. The van der Waals surface area contributed by atoms with E-state index < -0.39 is 0 Å². The van der Waals surface area contributed by atoms with Gasteiger partial charge in [0.15, 0.2) is 0 Å². The number of hydrogen-bond donors (Lipinski definition) is 2. The molecule has 1 saturated heterocycles. The first kappa shape index (κ1) is 13.5. The van der Waals surface area contributed by atoms with E-state index >= 15 is 0 Å². The van der Waals surface area contributed by atoms with Crippen molar-refractivity contribution in [2.24, 2.45) is 0 Å². The molecule has 3 nitrogen and oxygen atoms in total. The Kier molecular flexibility index (Phi) is 5.17. The lowest BCUT2D eigenvalue weighted by Crippen LogP contribution is -2.50. The summed E-state index contributed by atoms with van der Waals surface area (Å²) in [5, 5.41) is 12.9. The smallest absolute Gasteiger partial charge is 0.0590 e. The van der Waals surface area contributed by atoms with Gasteiger partial charge in [-0.2, -0.15) is 0 Å². The van der Waals surface area contributed by atoms with Crippen molar-refractivity contribution in [1.82, 2.24) is 10.2 Å². The number of nitrogens with zero attached hydrogens (tertiary/aromatic N) is 1. The van der Waals surface area contributed by atoms with E-state index in [2.05, 4.69) is 41.4 Å². The van der Waals surface area contributed by atoms with Crippen LogP contribution in [0.25, 0.3) is 0 Å². The zero-order valence-corrected chi connectivity index (χ0v) is 11.2. The zero-order valence-electron chi connectivity index (χ0n) is 11.2. The molecule has 18 heavy (non-hydrogen) atoms. The molecule has 1 unspecified atom stereocenters. The Labute approximate surface area is 110 Å². The normalized spacial score (nSPS) is 18.8. The molecule has 1 aliphatic heterocycles. The molecule has 1 aromatic rings. The Hall–Kier alpha value is -0.900. The number of aliphatic hydroxyl groups excluding tert-OH is 1. The summed E-state index contributed by atoms with van der Waals surface area (Å²) < 4.78 is 0. The van der Waals surface area contributed by atoms with Crippen LogP contribution in [0, 0.1) is 0 Å². The maximum Gasteiger partial charge on any atom is 0.0590 e. The van der Waals surface area contributed by atoms with E-state index in [0.29, 0.717) is 0 Å². The SMILES string of the molecule is CCc1ccc(CC(CO)N2CCNCC2)cc1. The lowest BCUT2D eigenvalue weighted by atomic mass is 10.0. The van der Waals surface area contributed by atoms with Crippen molar-refractivity contribution in [2.75, 3.05) is 32.8 Å². The number of rotatable bonds is 5. The first-order chi connectivity index (χ1) is 8.83. The standard InChI is InChI=1S/C15H24N2O/c1-2-13-3-5-14(6-4-13)11-15(12-18)17-9-7-16-8-10-17/h3-6,15-16,18H,2,7-12H2,1H3. The van der Waals surface area contributed by atoms with E-state index in [1.165, 1.54) is 11.1 Å². The maximum atomic E-state index is 9.58. The Bertz CT molecular complexity index is 344. The van der Waals surface area contributed by atoms with Crippen molar-refractivity contribution < 1.29 is 5.11 Å². The van der Waals surface area contributed by atoms with Gasteiger partial charge in [0.05, 0.1) is 6.61 Å². The molecule has 0 amide bonds. The van der Waals surface area contributed by atoms with Crippen LogP contribution >= 0.6 is 0 Å². The second kappa shape index (κ2) is 6.88. The Morgan fingerprint density at radius 2 is 1.78 bits per heavy atom. The summed E-state index contributed by atoms with van der Waals surface area (Å²) >= 11 is 0. The lowest BCUT2D eigenvalue weighted by Gasteiger charge is -2.34. The largest absolute Gasteiger partial charge is 0.395 e. The van der Waals surface area contributed by atoms with Gasteiger partial charge in [-0.05, 0) is 24.0 Å². The summed E-state index contributed by atoms with van der Waals surface area (Å²) in [7, 11) is 0. The molecule has 0 radical (unpaired) electrons. The van der Waals surface area contributed by atoms with Crippen LogP contribution in [-0.2, 0) is 12.8 Å². The van der Waals surface area contributed by atoms with E-state index in [1.54, 1.807) is 0 Å². The second-order valence-electron chi connectivity index (χ2n) is 5.00. The van der Waals surface area contributed by atoms with Crippen LogP contribution in [0.2, 0.25) is 0 Å². The Morgan fingerprint density at radius 3 is 2.33 bits per heavy atom. The van der Waals surface area contributed by atoms with E-state index in [9.17, 15) is 5.11 Å². The minimum atomic E-state index is 0.246. The van der Waals surface area contributed by atoms with Crippen molar-refractivity contribution in [3.05, 3.63) is 35.4 Å². The van der Waals surface area contributed by atoms with E-state index in [-0.39, 0.29) is 12.6 Å². The molecule has 0 aliphatic carbocycles. The van der Waals surface area contributed by atoms with Crippen LogP contribution in [0.15, 0.2) is 24.3 Å². The van der Waals surface area contributed by atoms with Crippen LogP contribution in [0.3, 0.4) is 0 Å². The van der Waals surface area contributed by atoms with E-state index in [0.717, 1.165) is 39.0 Å². The zero-order chi connectivity index (χ0) is 12.8. The average molecular weight is 248 g/mol. The molecule has 2 rings (SSSR count). The van der Waals surface area contributed by atoms with Gasteiger partial charge in [0.2, 0.25) is 0 Å². The maximum absolute atomic E-state index is 9.58. The van der Waals surface area contributed by atoms with Gasteiger partial charge in [0, 0.05) is 32.2 Å². The molecule has 100 valence electrons. The van der Waals surface area contributed by atoms with Crippen molar-refractivity contribution >= 4 is 0 Å². The molecule has 1 heterocycles. The fourth-order valence-corrected chi connectivity index (χ4v) is 2.54. The molecular weight excluding hydrogens is 224 g/mol. The molecule has 3 heteroatoms. The first-order valence-corrected chi connectivity index (χ1v) is 6.97. The molecule has 1 aliphatic rings. The van der Waals surface area contributed by atoms with Gasteiger partial charge in [0.1, 0.15) is 0 Å². The molecular formula is C15H24N2O. The summed E-state index contributed by atoms with van der Waals surface area (Å²) in [5.41, 5.74) is 2.70. The number of aryl methyl sites for hydroxylation is 1. The predicted octanol–water partition coefficient (Wildman–Crippen LogP) is 1.06. The summed E-state index contributed by atoms with van der Waals surface area (Å²) in [4.78, 5) is 2.39. The second-order valence-corrected chi connectivity index (χ2v) is 5.00. The molecule has 0 aromatic heterocycles. The van der Waals surface area contributed by atoms with Crippen LogP contribution in [0.5, 0.6) is 0 Å². The highest BCUT2D eigenvalue weighted by atomic mass is 16.3. The summed E-state index contributed by atoms with van der Waals surface area (Å²) in [5.74, 6) is 0. The highest BCUT2D eigenvalue weighted by molar-refractivity contribution is 5.23. The third-order valence-corrected chi connectivity index (χ3v) is 3.78. The molecule has 1 aromatic carbocycles. The topological polar surface area (TPSA) is 35.5 Å². The molecule has 0 saturated carbocycles. The predicted molar refractivity (Wildman–Crippen MR) is 74.8 cm³/mol. The average Bonchev–Trinajstić information content (AvgIpc) is 2.46. The third kappa shape index (κ3) is 3.55. The fraction of sp³-hybridized carbons (Fsp3) is 0.600. The number of hydrogen-bond acceptors (Lipinski definition) is 3. The number of nitrogens with one attached hydrogen (secondary N) is 1. The Morgan fingerprint density at radius 1 is 1.17 bits per heavy atom. The first-order valence-electron chi connectivity index (χ1n) is 6.97. The third-order valence-electron chi connectivity index (χ3n) is 3.78. The van der Waals surface area contributed by atoms with Gasteiger partial charge < -0.3 is 10.4 Å². The van der Waals surface area contributed by atoms with Gasteiger partial charge in [-0.3, -0.25) is 4.90 Å². The fourth-order valence-electron chi connectivity index (χ4n) is 2.54. The molecule has 1 atom stereocenters. The molecule has 0 bridgehead atoms. The number of piperazine rings is 1. The van der Waals surface area contributed by atoms with Gasteiger partial charge in [0.25, 0.3) is 0 Å². The van der Waals surface area contributed by atoms with Crippen LogP contribution in [0.1, 0.15) is 18.1 Å². The van der Waals surface area contributed by atoms with Gasteiger partial charge >= 0.3 is 0 Å². The van der Waals surface area contributed by atoms with Gasteiger partial charge in [-0.1, -0.05) is 31.2 Å². The van der Waals surface area contributed by atoms with Gasteiger partial charge in [-0.25, -0.2) is 0 Å². The van der Waals surface area contributed by atoms with Crippen molar-refractivity contribution in [3.8, 4) is 0 Å². The van der Waals surface area contributed by atoms with Crippen LogP contribution in [0.4, 0.5) is 0 Å². The van der Waals surface area contributed by atoms with Crippen molar-refractivity contribution in [3.63, 3.8) is 0 Å². The van der Waals surface area contributed by atoms with Crippen LogP contribution in [-0.4, -0.2) is 48.8 Å². The number of aliphatic hydroxyl groups is 1. The van der Waals surface area contributed by atoms with E-state index in [1.807, 2.05) is 0 Å². The molecule has 1 fully saturated rings. The highest BCUT2D eigenvalue weighted by Crippen LogP contribution is 2.11.